The Morgan fingerprint density at radius 3 is 2.84 bits per heavy atom. The number of carbonyl (C=O) groups is 2. The van der Waals surface area contributed by atoms with Gasteiger partial charge in [0.25, 0.3) is 0 Å². The number of H-pyrrole nitrogens is 1. The van der Waals surface area contributed by atoms with Gasteiger partial charge in [0, 0.05) is 37.3 Å². The molecule has 194 valence electrons. The lowest BCUT2D eigenvalue weighted by atomic mass is 9.69. The number of benzene rings is 1. The molecule has 3 aromatic rings. The molecule has 37 heavy (non-hydrogen) atoms. The van der Waals surface area contributed by atoms with Crippen LogP contribution in [0.1, 0.15) is 31.2 Å². The summed E-state index contributed by atoms with van der Waals surface area (Å²) in [5, 5.41) is 10.8. The molecule has 0 atom stereocenters. The van der Waals surface area contributed by atoms with E-state index in [2.05, 4.69) is 25.4 Å². The summed E-state index contributed by atoms with van der Waals surface area (Å²) in [6.45, 7) is 4.62. The van der Waals surface area contributed by atoms with E-state index in [0.29, 0.717) is 25.1 Å². The molecule has 10 nitrogen and oxygen atoms in total. The van der Waals surface area contributed by atoms with Crippen LogP contribution in [-0.4, -0.2) is 83.9 Å². The van der Waals surface area contributed by atoms with Crippen molar-refractivity contribution in [1.29, 1.82) is 0 Å². The second-order valence-electron chi connectivity index (χ2n) is 10.1. The number of rotatable bonds is 7. The summed E-state index contributed by atoms with van der Waals surface area (Å²) in [5.74, 6) is 0.605. The van der Waals surface area contributed by atoms with Crippen LogP contribution in [0.4, 0.5) is 5.69 Å². The number of para-hydroxylation sites is 1. The Morgan fingerprint density at radius 1 is 1.19 bits per heavy atom. The molecule has 2 N–H and O–H groups in total. The van der Waals surface area contributed by atoms with Crippen molar-refractivity contribution in [3.8, 4) is 5.75 Å². The Labute approximate surface area is 215 Å². The molecule has 0 radical (unpaired) electrons. The molecule has 2 fully saturated rings. The van der Waals surface area contributed by atoms with Gasteiger partial charge in [-0.2, -0.15) is 5.10 Å². The minimum atomic E-state index is -0.600. The Bertz CT molecular complexity index is 1280. The topological polar surface area (TPSA) is 113 Å². The smallest absolute Gasteiger partial charge is 0.240 e. The number of fused-ring (bicyclic) bond motifs is 3. The standard InChI is InChI=1S/C27H32N6O4/c34-24(28-9-10-32-11-13-36-14-12-32)18-33-23-4-2-1-3-22(23)27(26(33)35)7-5-20(6-8-27)37-21-15-19-16-30-31-25(19)29-17-21/h1-4,15-17,20H,5-14,18H2,(H,28,34)(H,29,30,31). The maximum atomic E-state index is 13.8. The second-order valence-corrected chi connectivity index (χ2v) is 10.1. The summed E-state index contributed by atoms with van der Waals surface area (Å²) in [5.41, 5.74) is 2.01. The Kier molecular flexibility index (Phi) is 6.52. The number of hydrogen-bond acceptors (Lipinski definition) is 7. The predicted octanol–water partition coefficient (Wildman–Crippen LogP) is 2.01. The van der Waals surface area contributed by atoms with Crippen LogP contribution in [0.3, 0.4) is 0 Å². The fourth-order valence-electron chi connectivity index (χ4n) is 5.89. The van der Waals surface area contributed by atoms with Crippen molar-refractivity contribution in [2.75, 3.05) is 50.8 Å². The first kappa shape index (κ1) is 23.9. The number of ether oxygens (including phenoxy) is 2. The largest absolute Gasteiger partial charge is 0.489 e. The third kappa shape index (κ3) is 4.67. The Hall–Kier alpha value is -3.50. The van der Waals surface area contributed by atoms with Crippen LogP contribution < -0.4 is 15.0 Å². The molecule has 1 saturated heterocycles. The van der Waals surface area contributed by atoms with Crippen molar-refractivity contribution in [2.45, 2.75) is 37.2 Å². The lowest BCUT2D eigenvalue weighted by Gasteiger charge is -2.36. The number of pyridine rings is 1. The van der Waals surface area contributed by atoms with E-state index in [4.69, 9.17) is 9.47 Å². The van der Waals surface area contributed by atoms with Crippen molar-refractivity contribution in [1.82, 2.24) is 25.4 Å². The highest BCUT2D eigenvalue weighted by Gasteiger charge is 2.52. The van der Waals surface area contributed by atoms with Gasteiger partial charge in [-0.15, -0.1) is 0 Å². The Balaban J connectivity index is 1.09. The average Bonchev–Trinajstić information content (AvgIpc) is 3.48. The van der Waals surface area contributed by atoms with Crippen molar-refractivity contribution in [3.05, 3.63) is 48.3 Å². The van der Waals surface area contributed by atoms with Crippen LogP contribution in [0, 0.1) is 0 Å². The third-order valence-electron chi connectivity index (χ3n) is 7.88. The zero-order chi connectivity index (χ0) is 25.2. The summed E-state index contributed by atoms with van der Waals surface area (Å²) >= 11 is 0. The molecule has 1 saturated carbocycles. The van der Waals surface area contributed by atoms with Crippen molar-refractivity contribution >= 4 is 28.5 Å². The first-order valence-corrected chi connectivity index (χ1v) is 13.1. The van der Waals surface area contributed by atoms with Crippen molar-refractivity contribution in [3.63, 3.8) is 0 Å². The van der Waals surface area contributed by atoms with Crippen LogP contribution in [0.15, 0.2) is 42.7 Å². The van der Waals surface area contributed by atoms with Gasteiger partial charge in [0.15, 0.2) is 5.65 Å². The van der Waals surface area contributed by atoms with E-state index < -0.39 is 5.41 Å². The highest BCUT2D eigenvalue weighted by atomic mass is 16.5. The van der Waals surface area contributed by atoms with Crippen LogP contribution in [0.5, 0.6) is 5.75 Å². The Morgan fingerprint density at radius 2 is 2.00 bits per heavy atom. The molecule has 6 rings (SSSR count). The van der Waals surface area contributed by atoms with Gasteiger partial charge < -0.3 is 19.7 Å². The van der Waals surface area contributed by atoms with Crippen molar-refractivity contribution in [2.24, 2.45) is 0 Å². The normalized spacial score (nSPS) is 23.9. The molecular formula is C27H32N6O4. The lowest BCUT2D eigenvalue weighted by molar-refractivity contribution is -0.127. The SMILES string of the molecule is O=C(CN1C(=O)C2(CCC(Oc3cnc4[nH]ncc4c3)CC2)c2ccccc21)NCCN1CCOCC1. The fraction of sp³-hybridized carbons (Fsp3) is 0.481. The quantitative estimate of drug-likeness (QED) is 0.506. The number of aromatic nitrogens is 3. The fourth-order valence-corrected chi connectivity index (χ4v) is 5.89. The second kappa shape index (κ2) is 10.1. The lowest BCUT2D eigenvalue weighted by Crippen LogP contribution is -2.48. The van der Waals surface area contributed by atoms with Gasteiger partial charge in [-0.3, -0.25) is 19.6 Å². The van der Waals surface area contributed by atoms with E-state index in [9.17, 15) is 9.59 Å². The molecule has 2 amide bonds. The van der Waals surface area contributed by atoms with E-state index in [-0.39, 0.29) is 24.5 Å². The zero-order valence-electron chi connectivity index (χ0n) is 20.8. The van der Waals surface area contributed by atoms with Crippen LogP contribution >= 0.6 is 0 Å². The van der Waals surface area contributed by atoms with Gasteiger partial charge in [0.1, 0.15) is 12.3 Å². The summed E-state index contributed by atoms with van der Waals surface area (Å²) in [6.07, 6.45) is 6.32. The van der Waals surface area contributed by atoms with Crippen molar-refractivity contribution < 1.29 is 19.1 Å². The van der Waals surface area contributed by atoms with Gasteiger partial charge in [-0.1, -0.05) is 18.2 Å². The maximum absolute atomic E-state index is 13.8. The number of morpholine rings is 1. The number of anilines is 1. The highest BCUT2D eigenvalue weighted by molar-refractivity contribution is 6.10. The van der Waals surface area contributed by atoms with E-state index in [1.807, 2.05) is 30.3 Å². The zero-order valence-corrected chi connectivity index (χ0v) is 20.8. The first-order valence-electron chi connectivity index (χ1n) is 13.1. The monoisotopic (exact) mass is 504 g/mol. The molecule has 2 aliphatic heterocycles. The molecule has 4 heterocycles. The van der Waals surface area contributed by atoms with Crippen LogP contribution in [0.2, 0.25) is 0 Å². The summed E-state index contributed by atoms with van der Waals surface area (Å²) in [4.78, 5) is 35.0. The number of nitrogens with zero attached hydrogens (tertiary/aromatic N) is 4. The summed E-state index contributed by atoms with van der Waals surface area (Å²) < 4.78 is 11.6. The van der Waals surface area contributed by atoms with Gasteiger partial charge in [0.05, 0.1) is 37.1 Å². The number of amides is 2. The summed E-state index contributed by atoms with van der Waals surface area (Å²) in [7, 11) is 0. The maximum Gasteiger partial charge on any atom is 0.240 e. The number of carbonyl (C=O) groups excluding carboxylic acids is 2. The molecule has 0 bridgehead atoms. The van der Waals surface area contributed by atoms with E-state index in [0.717, 1.165) is 68.0 Å². The first-order chi connectivity index (χ1) is 18.1. The minimum absolute atomic E-state index is 0.00859. The molecular weight excluding hydrogens is 472 g/mol. The van der Waals surface area contributed by atoms with Gasteiger partial charge >= 0.3 is 0 Å². The summed E-state index contributed by atoms with van der Waals surface area (Å²) in [6, 6.07) is 9.85. The molecule has 1 spiro atoms. The number of nitrogens with one attached hydrogen (secondary N) is 2. The predicted molar refractivity (Wildman–Crippen MR) is 138 cm³/mol. The number of hydrogen-bond donors (Lipinski definition) is 2. The highest BCUT2D eigenvalue weighted by Crippen LogP contribution is 2.50. The average molecular weight is 505 g/mol. The van der Waals surface area contributed by atoms with E-state index in [1.165, 1.54) is 0 Å². The number of aromatic amines is 1. The van der Waals surface area contributed by atoms with Gasteiger partial charge in [-0.25, -0.2) is 4.98 Å². The van der Waals surface area contributed by atoms with Gasteiger partial charge in [0.2, 0.25) is 11.8 Å². The molecule has 1 aliphatic carbocycles. The molecule has 0 unspecified atom stereocenters. The molecule has 10 heteroatoms. The van der Waals surface area contributed by atoms with E-state index >= 15 is 0 Å². The molecule has 2 aromatic heterocycles. The van der Waals surface area contributed by atoms with E-state index in [1.54, 1.807) is 17.3 Å². The van der Waals surface area contributed by atoms with Gasteiger partial charge in [-0.05, 0) is 43.4 Å². The van der Waals surface area contributed by atoms with Crippen LogP contribution in [0.25, 0.3) is 11.0 Å². The molecule has 3 aliphatic rings. The third-order valence-corrected chi connectivity index (χ3v) is 7.88. The minimum Gasteiger partial charge on any atom is -0.489 e. The molecule has 1 aromatic carbocycles. The van der Waals surface area contributed by atoms with Crippen LogP contribution in [-0.2, 0) is 19.7 Å².